The lowest BCUT2D eigenvalue weighted by atomic mass is 10.2. The Hall–Kier alpha value is -2.30. The van der Waals surface area contributed by atoms with Crippen LogP contribution in [-0.2, 0) is 9.53 Å². The van der Waals surface area contributed by atoms with Crippen LogP contribution < -0.4 is 5.32 Å². The average Bonchev–Trinajstić information content (AvgIpc) is 2.82. The normalized spacial score (nSPS) is 10.4. The maximum absolute atomic E-state index is 11.9. The SMILES string of the molecule is CCOC(=O)CCNC(=O)n1cc2ccccc2c1. The Labute approximate surface area is 111 Å². The molecule has 0 saturated heterocycles. The minimum atomic E-state index is -0.305. The number of carbonyl (C=O) groups is 2. The molecule has 1 N–H and O–H groups in total. The summed E-state index contributed by atoms with van der Waals surface area (Å²) in [6.07, 6.45) is 3.70. The van der Waals surface area contributed by atoms with Crippen LogP contribution in [0.2, 0.25) is 0 Å². The summed E-state index contributed by atoms with van der Waals surface area (Å²) in [6, 6.07) is 7.48. The smallest absolute Gasteiger partial charge is 0.325 e. The van der Waals surface area contributed by atoms with E-state index in [1.54, 1.807) is 19.3 Å². The molecule has 0 bridgehead atoms. The van der Waals surface area contributed by atoms with Crippen molar-refractivity contribution >= 4 is 22.8 Å². The lowest BCUT2D eigenvalue weighted by molar-refractivity contribution is -0.142. The predicted molar refractivity (Wildman–Crippen MR) is 72.0 cm³/mol. The zero-order valence-corrected chi connectivity index (χ0v) is 10.8. The summed E-state index contributed by atoms with van der Waals surface area (Å²) < 4.78 is 6.26. The molecule has 2 aromatic rings. The number of fused-ring (bicyclic) bond motifs is 1. The van der Waals surface area contributed by atoms with Crippen molar-refractivity contribution < 1.29 is 14.3 Å². The topological polar surface area (TPSA) is 60.3 Å². The first-order chi connectivity index (χ1) is 9.20. The van der Waals surface area contributed by atoms with Gasteiger partial charge in [-0.2, -0.15) is 0 Å². The Kier molecular flexibility index (Phi) is 4.18. The van der Waals surface area contributed by atoms with Gasteiger partial charge in [-0.05, 0) is 17.7 Å². The first-order valence-electron chi connectivity index (χ1n) is 6.21. The van der Waals surface area contributed by atoms with Gasteiger partial charge in [-0.15, -0.1) is 0 Å². The highest BCUT2D eigenvalue weighted by Crippen LogP contribution is 2.13. The van der Waals surface area contributed by atoms with Crippen LogP contribution in [-0.4, -0.2) is 29.7 Å². The molecular formula is C14H16N2O3. The molecule has 0 atom stereocenters. The highest BCUT2D eigenvalue weighted by atomic mass is 16.5. The monoisotopic (exact) mass is 260 g/mol. The van der Waals surface area contributed by atoms with Crippen LogP contribution in [0, 0.1) is 0 Å². The van der Waals surface area contributed by atoms with Gasteiger partial charge in [0.05, 0.1) is 13.0 Å². The van der Waals surface area contributed by atoms with E-state index in [0.29, 0.717) is 6.61 Å². The number of esters is 1. The molecule has 0 aliphatic heterocycles. The van der Waals surface area contributed by atoms with Crippen LogP contribution in [0.5, 0.6) is 0 Å². The van der Waals surface area contributed by atoms with Gasteiger partial charge in [-0.1, -0.05) is 24.3 Å². The molecule has 0 radical (unpaired) electrons. The summed E-state index contributed by atoms with van der Waals surface area (Å²) in [5.74, 6) is -0.305. The third-order valence-corrected chi connectivity index (χ3v) is 2.70. The number of nitrogens with zero attached hydrogens (tertiary/aromatic N) is 1. The van der Waals surface area contributed by atoms with Crippen LogP contribution in [0.25, 0.3) is 10.8 Å². The molecule has 1 aromatic heterocycles. The second-order valence-electron chi connectivity index (χ2n) is 4.08. The summed E-state index contributed by atoms with van der Waals surface area (Å²) >= 11 is 0. The number of benzene rings is 1. The molecule has 0 saturated carbocycles. The molecule has 5 heteroatoms. The number of carbonyl (C=O) groups excluding carboxylic acids is 2. The van der Waals surface area contributed by atoms with Crippen LogP contribution in [0.1, 0.15) is 13.3 Å². The highest BCUT2D eigenvalue weighted by Gasteiger charge is 2.07. The van der Waals surface area contributed by atoms with E-state index in [-0.39, 0.29) is 25.0 Å². The number of ether oxygens (including phenoxy) is 1. The maximum atomic E-state index is 11.9. The van der Waals surface area contributed by atoms with Crippen molar-refractivity contribution in [1.82, 2.24) is 9.88 Å². The van der Waals surface area contributed by atoms with Gasteiger partial charge in [0.2, 0.25) is 0 Å². The van der Waals surface area contributed by atoms with Crippen LogP contribution in [0.15, 0.2) is 36.7 Å². The summed E-state index contributed by atoms with van der Waals surface area (Å²) in [4.78, 5) is 23.0. The Morgan fingerprint density at radius 3 is 2.42 bits per heavy atom. The van der Waals surface area contributed by atoms with Crippen molar-refractivity contribution in [3.05, 3.63) is 36.7 Å². The fraction of sp³-hybridized carbons (Fsp3) is 0.286. The van der Waals surface area contributed by atoms with Crippen molar-refractivity contribution in [2.45, 2.75) is 13.3 Å². The summed E-state index contributed by atoms with van der Waals surface area (Å²) in [5, 5.41) is 4.68. The summed E-state index contributed by atoms with van der Waals surface area (Å²) in [6.45, 7) is 2.38. The van der Waals surface area contributed by atoms with Crippen LogP contribution in [0.4, 0.5) is 4.79 Å². The van der Waals surface area contributed by atoms with Gasteiger partial charge in [-0.3, -0.25) is 9.36 Å². The minimum Gasteiger partial charge on any atom is -0.466 e. The molecule has 0 aliphatic carbocycles. The van der Waals surface area contributed by atoms with E-state index < -0.39 is 0 Å². The molecule has 5 nitrogen and oxygen atoms in total. The van der Waals surface area contributed by atoms with Crippen molar-refractivity contribution in [3.63, 3.8) is 0 Å². The van der Waals surface area contributed by atoms with E-state index in [0.717, 1.165) is 10.8 Å². The van der Waals surface area contributed by atoms with E-state index in [2.05, 4.69) is 5.32 Å². The van der Waals surface area contributed by atoms with Crippen molar-refractivity contribution in [2.24, 2.45) is 0 Å². The quantitative estimate of drug-likeness (QED) is 0.857. The third-order valence-electron chi connectivity index (χ3n) is 2.70. The fourth-order valence-electron chi connectivity index (χ4n) is 1.80. The van der Waals surface area contributed by atoms with Crippen molar-refractivity contribution in [2.75, 3.05) is 13.2 Å². The van der Waals surface area contributed by atoms with E-state index in [1.807, 2.05) is 24.3 Å². The molecule has 0 fully saturated rings. The fourth-order valence-corrected chi connectivity index (χ4v) is 1.80. The van der Waals surface area contributed by atoms with Gasteiger partial charge in [0, 0.05) is 18.9 Å². The molecule has 0 spiro atoms. The zero-order chi connectivity index (χ0) is 13.7. The van der Waals surface area contributed by atoms with E-state index in [9.17, 15) is 9.59 Å². The van der Waals surface area contributed by atoms with Crippen LogP contribution >= 0.6 is 0 Å². The van der Waals surface area contributed by atoms with Gasteiger partial charge in [0.15, 0.2) is 0 Å². The summed E-state index contributed by atoms with van der Waals surface area (Å²) in [7, 11) is 0. The Bertz CT molecular complexity index is 556. The lowest BCUT2D eigenvalue weighted by Gasteiger charge is -2.05. The Morgan fingerprint density at radius 2 is 1.84 bits per heavy atom. The van der Waals surface area contributed by atoms with E-state index in [1.165, 1.54) is 4.57 Å². The van der Waals surface area contributed by atoms with Gasteiger partial charge < -0.3 is 10.1 Å². The Morgan fingerprint density at radius 1 is 1.21 bits per heavy atom. The first kappa shape index (κ1) is 13.1. The Balaban J connectivity index is 1.91. The number of hydrogen-bond donors (Lipinski definition) is 1. The highest BCUT2D eigenvalue weighted by molar-refractivity contribution is 5.88. The number of aromatic nitrogens is 1. The average molecular weight is 260 g/mol. The van der Waals surface area contributed by atoms with Gasteiger partial charge in [-0.25, -0.2) is 4.79 Å². The second-order valence-corrected chi connectivity index (χ2v) is 4.08. The predicted octanol–water partition coefficient (Wildman–Crippen LogP) is 2.15. The maximum Gasteiger partial charge on any atom is 0.325 e. The standard InChI is InChI=1S/C14H16N2O3/c1-2-19-13(17)7-8-15-14(18)16-9-11-5-3-4-6-12(11)10-16/h3-6,9-10H,2,7-8H2,1H3,(H,15,18). The molecule has 2 rings (SSSR count). The second kappa shape index (κ2) is 6.04. The van der Waals surface area contributed by atoms with Gasteiger partial charge in [0.1, 0.15) is 0 Å². The number of nitrogens with one attached hydrogen (secondary N) is 1. The first-order valence-corrected chi connectivity index (χ1v) is 6.21. The number of rotatable bonds is 4. The van der Waals surface area contributed by atoms with Gasteiger partial charge in [0.25, 0.3) is 0 Å². The molecule has 0 unspecified atom stereocenters. The minimum absolute atomic E-state index is 0.181. The van der Waals surface area contributed by atoms with Crippen molar-refractivity contribution in [3.8, 4) is 0 Å². The third kappa shape index (κ3) is 3.34. The largest absolute Gasteiger partial charge is 0.466 e. The molecule has 1 amide bonds. The van der Waals surface area contributed by atoms with E-state index >= 15 is 0 Å². The van der Waals surface area contributed by atoms with E-state index in [4.69, 9.17) is 4.74 Å². The zero-order valence-electron chi connectivity index (χ0n) is 10.8. The molecule has 19 heavy (non-hydrogen) atoms. The lowest BCUT2D eigenvalue weighted by Crippen LogP contribution is -2.29. The molecular weight excluding hydrogens is 244 g/mol. The molecule has 100 valence electrons. The van der Waals surface area contributed by atoms with Crippen LogP contribution in [0.3, 0.4) is 0 Å². The molecule has 1 aromatic carbocycles. The number of hydrogen-bond acceptors (Lipinski definition) is 3. The summed E-state index contributed by atoms with van der Waals surface area (Å²) in [5.41, 5.74) is 0. The molecule has 0 aliphatic rings. The number of amides is 1. The van der Waals surface area contributed by atoms with Gasteiger partial charge >= 0.3 is 12.0 Å². The van der Waals surface area contributed by atoms with Crippen molar-refractivity contribution in [1.29, 1.82) is 0 Å². The molecule has 1 heterocycles.